The molecule has 3 saturated heterocycles. The summed E-state index contributed by atoms with van der Waals surface area (Å²) in [6.07, 6.45) is 4.12. The molecule has 5 nitrogen and oxygen atoms in total. The van der Waals surface area contributed by atoms with Crippen molar-refractivity contribution in [3.8, 4) is 0 Å². The molecule has 3 aliphatic heterocycles. The molecule has 3 heterocycles. The lowest BCUT2D eigenvalue weighted by atomic mass is 9.92. The second-order valence-electron chi connectivity index (χ2n) is 5.32. The van der Waals surface area contributed by atoms with Crippen LogP contribution in [0.4, 0.5) is 4.79 Å². The molecule has 17 heavy (non-hydrogen) atoms. The maximum atomic E-state index is 11.9. The highest BCUT2D eigenvalue weighted by Gasteiger charge is 2.46. The fourth-order valence-electron chi connectivity index (χ4n) is 3.01. The molecule has 1 N–H and O–H groups in total. The number of carbonyl (C=O) groups excluding carboxylic acids is 1. The Hall–Kier alpha value is -0.810. The van der Waals surface area contributed by atoms with Gasteiger partial charge in [0.05, 0.1) is 19.2 Å². The number of amides is 1. The minimum Gasteiger partial charge on any atom is -0.441 e. The van der Waals surface area contributed by atoms with Crippen LogP contribution in [0.5, 0.6) is 0 Å². The van der Waals surface area contributed by atoms with Gasteiger partial charge in [-0.15, -0.1) is 0 Å². The Labute approximate surface area is 101 Å². The van der Waals surface area contributed by atoms with Crippen LogP contribution in [0.1, 0.15) is 25.7 Å². The summed E-state index contributed by atoms with van der Waals surface area (Å²) in [7, 11) is 0. The Morgan fingerprint density at radius 1 is 1.41 bits per heavy atom. The van der Waals surface area contributed by atoms with Crippen LogP contribution in [0.25, 0.3) is 0 Å². The van der Waals surface area contributed by atoms with E-state index in [0.29, 0.717) is 6.54 Å². The van der Waals surface area contributed by atoms with E-state index in [0.717, 1.165) is 51.9 Å². The average Bonchev–Trinajstić information content (AvgIpc) is 2.91. The molecule has 96 valence electrons. The van der Waals surface area contributed by atoms with Crippen LogP contribution in [0.3, 0.4) is 0 Å². The molecule has 0 bridgehead atoms. The molecular weight excluding hydrogens is 220 g/mol. The van der Waals surface area contributed by atoms with Crippen molar-refractivity contribution in [3.63, 3.8) is 0 Å². The molecule has 0 radical (unpaired) electrons. The lowest BCUT2D eigenvalue weighted by Gasteiger charge is -2.31. The van der Waals surface area contributed by atoms with Gasteiger partial charge in [0, 0.05) is 19.4 Å². The van der Waals surface area contributed by atoms with Crippen molar-refractivity contribution < 1.29 is 14.3 Å². The number of ether oxygens (including phenoxy) is 2. The van der Waals surface area contributed by atoms with Crippen molar-refractivity contribution in [2.45, 2.75) is 37.4 Å². The molecule has 5 heteroatoms. The Morgan fingerprint density at radius 3 is 2.94 bits per heavy atom. The third-order valence-electron chi connectivity index (χ3n) is 4.00. The second kappa shape index (κ2) is 4.46. The molecular formula is C12H20N2O3. The van der Waals surface area contributed by atoms with Crippen LogP contribution in [0, 0.1) is 0 Å². The van der Waals surface area contributed by atoms with Crippen LogP contribution in [0.2, 0.25) is 0 Å². The van der Waals surface area contributed by atoms with Gasteiger partial charge < -0.3 is 19.7 Å². The summed E-state index contributed by atoms with van der Waals surface area (Å²) < 4.78 is 11.2. The van der Waals surface area contributed by atoms with E-state index in [1.807, 2.05) is 4.90 Å². The lowest BCUT2D eigenvalue weighted by molar-refractivity contribution is 0.0316. The van der Waals surface area contributed by atoms with Gasteiger partial charge >= 0.3 is 6.09 Å². The number of carbonyl (C=O) groups is 1. The van der Waals surface area contributed by atoms with Gasteiger partial charge in [-0.3, -0.25) is 0 Å². The predicted molar refractivity (Wildman–Crippen MR) is 61.9 cm³/mol. The first-order valence-electron chi connectivity index (χ1n) is 6.58. The number of hydrogen-bond acceptors (Lipinski definition) is 4. The number of nitrogens with one attached hydrogen (secondary N) is 1. The molecule has 1 atom stereocenters. The first-order valence-corrected chi connectivity index (χ1v) is 6.58. The van der Waals surface area contributed by atoms with Gasteiger partial charge in [-0.25, -0.2) is 4.79 Å². The van der Waals surface area contributed by atoms with Crippen LogP contribution < -0.4 is 5.32 Å². The summed E-state index contributed by atoms with van der Waals surface area (Å²) in [5.41, 5.74) is -0.221. The van der Waals surface area contributed by atoms with Gasteiger partial charge in [0.15, 0.2) is 0 Å². The van der Waals surface area contributed by atoms with Crippen molar-refractivity contribution in [1.82, 2.24) is 10.2 Å². The largest absolute Gasteiger partial charge is 0.441 e. The highest BCUT2D eigenvalue weighted by Crippen LogP contribution is 2.31. The van der Waals surface area contributed by atoms with Gasteiger partial charge in [-0.2, -0.15) is 0 Å². The Bertz CT molecular complexity index is 296. The highest BCUT2D eigenvalue weighted by molar-refractivity contribution is 5.70. The van der Waals surface area contributed by atoms with Crippen LogP contribution in [0.15, 0.2) is 0 Å². The van der Waals surface area contributed by atoms with Gasteiger partial charge in [-0.1, -0.05) is 0 Å². The van der Waals surface area contributed by atoms with E-state index in [2.05, 4.69) is 5.32 Å². The fourth-order valence-corrected chi connectivity index (χ4v) is 3.01. The Morgan fingerprint density at radius 2 is 2.24 bits per heavy atom. The zero-order valence-corrected chi connectivity index (χ0v) is 10.1. The number of nitrogens with zero attached hydrogens (tertiary/aromatic N) is 1. The summed E-state index contributed by atoms with van der Waals surface area (Å²) in [5, 5.41) is 3.30. The molecule has 0 aromatic heterocycles. The van der Waals surface area contributed by atoms with E-state index in [4.69, 9.17) is 9.47 Å². The normalized spacial score (nSPS) is 32.1. The van der Waals surface area contributed by atoms with E-state index in [9.17, 15) is 4.79 Å². The van der Waals surface area contributed by atoms with Crippen LogP contribution in [-0.2, 0) is 9.47 Å². The van der Waals surface area contributed by atoms with Crippen molar-refractivity contribution in [2.24, 2.45) is 0 Å². The minimum absolute atomic E-state index is 0.151. The van der Waals surface area contributed by atoms with Crippen LogP contribution in [-0.4, -0.2) is 55.5 Å². The average molecular weight is 240 g/mol. The molecule has 1 spiro atoms. The standard InChI is InChI=1S/C12H20N2O3/c15-11-14(8-10-2-1-7-16-10)9-12(17-11)3-5-13-6-4-12/h10,13H,1-9H2. The number of hydrogen-bond donors (Lipinski definition) is 1. The van der Waals surface area contributed by atoms with E-state index >= 15 is 0 Å². The van der Waals surface area contributed by atoms with E-state index < -0.39 is 0 Å². The monoisotopic (exact) mass is 240 g/mol. The van der Waals surface area contributed by atoms with Gasteiger partial charge in [0.1, 0.15) is 5.60 Å². The first kappa shape index (κ1) is 11.3. The van der Waals surface area contributed by atoms with E-state index in [1.165, 1.54) is 0 Å². The minimum atomic E-state index is -0.221. The molecule has 1 amide bonds. The SMILES string of the molecule is O=C1OC2(CCNCC2)CN1CC1CCCO1. The maximum absolute atomic E-state index is 11.9. The van der Waals surface area contributed by atoms with E-state index in [1.54, 1.807) is 0 Å². The zero-order chi connectivity index (χ0) is 11.7. The molecule has 1 unspecified atom stereocenters. The molecule has 3 rings (SSSR count). The van der Waals surface area contributed by atoms with Crippen molar-refractivity contribution in [2.75, 3.05) is 32.8 Å². The smallest absolute Gasteiger partial charge is 0.410 e. The van der Waals surface area contributed by atoms with Crippen molar-refractivity contribution in [3.05, 3.63) is 0 Å². The molecule has 0 aromatic carbocycles. The first-order chi connectivity index (χ1) is 8.27. The van der Waals surface area contributed by atoms with E-state index in [-0.39, 0.29) is 17.8 Å². The van der Waals surface area contributed by atoms with Crippen LogP contribution >= 0.6 is 0 Å². The second-order valence-corrected chi connectivity index (χ2v) is 5.32. The summed E-state index contributed by atoms with van der Waals surface area (Å²) in [6.45, 7) is 4.17. The number of piperidine rings is 1. The van der Waals surface area contributed by atoms with Crippen molar-refractivity contribution in [1.29, 1.82) is 0 Å². The fraction of sp³-hybridized carbons (Fsp3) is 0.917. The molecule has 0 saturated carbocycles. The summed E-state index contributed by atoms with van der Waals surface area (Å²) in [5.74, 6) is 0. The summed E-state index contributed by atoms with van der Waals surface area (Å²) >= 11 is 0. The topological polar surface area (TPSA) is 50.8 Å². The molecule has 0 aliphatic carbocycles. The third kappa shape index (κ3) is 2.26. The lowest BCUT2D eigenvalue weighted by Crippen LogP contribution is -2.45. The molecule has 3 fully saturated rings. The predicted octanol–water partition coefficient (Wildman–Crippen LogP) is 0.740. The highest BCUT2D eigenvalue weighted by atomic mass is 16.6. The summed E-state index contributed by atoms with van der Waals surface area (Å²) in [6, 6.07) is 0. The maximum Gasteiger partial charge on any atom is 0.410 e. The summed E-state index contributed by atoms with van der Waals surface area (Å²) in [4.78, 5) is 13.7. The Balaban J connectivity index is 1.60. The van der Waals surface area contributed by atoms with Gasteiger partial charge in [0.25, 0.3) is 0 Å². The van der Waals surface area contributed by atoms with Gasteiger partial charge in [0.2, 0.25) is 0 Å². The molecule has 3 aliphatic rings. The number of rotatable bonds is 2. The van der Waals surface area contributed by atoms with Gasteiger partial charge in [-0.05, 0) is 25.9 Å². The Kier molecular flexibility index (Phi) is 2.96. The molecule has 0 aromatic rings. The quantitative estimate of drug-likeness (QED) is 0.773. The zero-order valence-electron chi connectivity index (χ0n) is 10.1. The van der Waals surface area contributed by atoms with Crippen molar-refractivity contribution >= 4 is 6.09 Å². The third-order valence-corrected chi connectivity index (χ3v) is 4.00.